The second kappa shape index (κ2) is 8.04. The van der Waals surface area contributed by atoms with Crippen LogP contribution in [0.25, 0.3) is 16.6 Å². The third-order valence-corrected chi connectivity index (χ3v) is 5.08. The Morgan fingerprint density at radius 1 is 1.09 bits per heavy atom. The number of rotatable bonds is 3. The van der Waals surface area contributed by atoms with E-state index in [0.29, 0.717) is 17.0 Å². The molecule has 0 unspecified atom stereocenters. The van der Waals surface area contributed by atoms with Crippen molar-refractivity contribution in [2.75, 3.05) is 16.4 Å². The molecule has 0 aliphatic carbocycles. The van der Waals surface area contributed by atoms with E-state index in [1.54, 1.807) is 28.8 Å². The van der Waals surface area contributed by atoms with E-state index in [0.717, 1.165) is 28.8 Å². The van der Waals surface area contributed by atoms with Crippen LogP contribution in [0.4, 0.5) is 35.2 Å². The monoisotopic (exact) mass is 460 g/mol. The number of carbonyl (C=O) groups is 1. The molecule has 164 valence electrons. The maximum Gasteiger partial charge on any atom is 0.417 e. The number of nitrogens with two attached hydrogens (primary N) is 1. The fourth-order valence-corrected chi connectivity index (χ4v) is 3.58. The standard InChI is InChI=1S/C21H16ClF3N6O/c1-11-9-31-18(19(26)27-10-28-31)17(11)12-2-4-13(5-3-12)29-20(32)30-14-6-7-16(22)15(8-14)21(23,24)25/h2-10H,1H3,(H2,26,27,28)(H2,29,30,32). The molecule has 0 aliphatic heterocycles. The van der Waals surface area contributed by atoms with Crippen molar-refractivity contribution in [2.24, 2.45) is 0 Å². The van der Waals surface area contributed by atoms with Gasteiger partial charge in [0.15, 0.2) is 5.82 Å². The maximum absolute atomic E-state index is 13.0. The van der Waals surface area contributed by atoms with Gasteiger partial charge in [0.1, 0.15) is 11.8 Å². The van der Waals surface area contributed by atoms with Gasteiger partial charge in [-0.05, 0) is 48.4 Å². The van der Waals surface area contributed by atoms with E-state index in [1.807, 2.05) is 13.1 Å². The van der Waals surface area contributed by atoms with Crippen molar-refractivity contribution >= 4 is 40.3 Å². The minimum absolute atomic E-state index is 0.0396. The number of aromatic nitrogens is 3. The van der Waals surface area contributed by atoms with E-state index >= 15 is 0 Å². The van der Waals surface area contributed by atoms with Crippen molar-refractivity contribution in [3.63, 3.8) is 0 Å². The van der Waals surface area contributed by atoms with Crippen LogP contribution in [0.2, 0.25) is 5.02 Å². The molecule has 11 heteroatoms. The minimum atomic E-state index is -4.63. The molecule has 2 aromatic carbocycles. The largest absolute Gasteiger partial charge is 0.417 e. The summed E-state index contributed by atoms with van der Waals surface area (Å²) in [4.78, 5) is 16.3. The zero-order valence-corrected chi connectivity index (χ0v) is 17.3. The van der Waals surface area contributed by atoms with Gasteiger partial charge in [0.05, 0.1) is 10.6 Å². The highest BCUT2D eigenvalue weighted by Crippen LogP contribution is 2.36. The number of benzene rings is 2. The van der Waals surface area contributed by atoms with Crippen LogP contribution in [0.1, 0.15) is 11.1 Å². The van der Waals surface area contributed by atoms with Crippen LogP contribution in [0.15, 0.2) is 55.0 Å². The molecular weight excluding hydrogens is 445 g/mol. The van der Waals surface area contributed by atoms with Gasteiger partial charge in [0.25, 0.3) is 0 Å². The van der Waals surface area contributed by atoms with Crippen LogP contribution in [0.5, 0.6) is 0 Å². The van der Waals surface area contributed by atoms with E-state index in [1.165, 1.54) is 12.4 Å². The number of alkyl halides is 3. The van der Waals surface area contributed by atoms with Crippen LogP contribution in [-0.2, 0) is 6.18 Å². The van der Waals surface area contributed by atoms with Crippen LogP contribution >= 0.6 is 11.6 Å². The van der Waals surface area contributed by atoms with Crippen molar-refractivity contribution in [1.82, 2.24) is 14.6 Å². The molecule has 4 rings (SSSR count). The summed E-state index contributed by atoms with van der Waals surface area (Å²) in [6.45, 7) is 1.92. The molecule has 2 aromatic heterocycles. The zero-order valence-electron chi connectivity index (χ0n) is 16.5. The number of amides is 2. The Morgan fingerprint density at radius 3 is 2.44 bits per heavy atom. The Morgan fingerprint density at radius 2 is 1.75 bits per heavy atom. The normalized spacial score (nSPS) is 11.5. The van der Waals surface area contributed by atoms with E-state index in [-0.39, 0.29) is 5.69 Å². The average Bonchev–Trinajstić information content (AvgIpc) is 3.06. The third-order valence-electron chi connectivity index (χ3n) is 4.75. The predicted octanol–water partition coefficient (Wildman–Crippen LogP) is 5.60. The number of carbonyl (C=O) groups excluding carboxylic acids is 1. The Kier molecular flexibility index (Phi) is 5.39. The quantitative estimate of drug-likeness (QED) is 0.370. The number of fused-ring (bicyclic) bond motifs is 1. The second-order valence-electron chi connectivity index (χ2n) is 6.97. The molecule has 4 N–H and O–H groups in total. The molecule has 0 atom stereocenters. The van der Waals surface area contributed by atoms with E-state index in [9.17, 15) is 18.0 Å². The first-order chi connectivity index (χ1) is 15.1. The summed E-state index contributed by atoms with van der Waals surface area (Å²) in [7, 11) is 0. The van der Waals surface area contributed by atoms with Gasteiger partial charge in [-0.1, -0.05) is 23.7 Å². The lowest BCUT2D eigenvalue weighted by Crippen LogP contribution is -2.19. The number of nitrogen functional groups attached to an aromatic ring is 1. The number of nitrogens with zero attached hydrogens (tertiary/aromatic N) is 3. The third kappa shape index (κ3) is 4.17. The van der Waals surface area contributed by atoms with Crippen molar-refractivity contribution in [1.29, 1.82) is 0 Å². The smallest absolute Gasteiger partial charge is 0.382 e. The van der Waals surface area contributed by atoms with Crippen LogP contribution in [0, 0.1) is 6.92 Å². The second-order valence-corrected chi connectivity index (χ2v) is 7.38. The molecule has 0 aliphatic rings. The molecule has 0 fully saturated rings. The highest BCUT2D eigenvalue weighted by Gasteiger charge is 2.33. The summed E-state index contributed by atoms with van der Waals surface area (Å²) in [6, 6.07) is 9.35. The van der Waals surface area contributed by atoms with Crippen LogP contribution < -0.4 is 16.4 Å². The lowest BCUT2D eigenvalue weighted by atomic mass is 10.0. The van der Waals surface area contributed by atoms with Gasteiger partial charge < -0.3 is 16.4 Å². The van der Waals surface area contributed by atoms with Crippen LogP contribution in [0.3, 0.4) is 0 Å². The zero-order chi connectivity index (χ0) is 23.0. The van der Waals surface area contributed by atoms with Crippen molar-refractivity contribution in [3.05, 3.63) is 71.1 Å². The highest BCUT2D eigenvalue weighted by atomic mass is 35.5. The van der Waals surface area contributed by atoms with Gasteiger partial charge in [0.2, 0.25) is 0 Å². The number of aryl methyl sites for hydroxylation is 1. The van der Waals surface area contributed by atoms with Gasteiger partial charge in [-0.25, -0.2) is 14.3 Å². The van der Waals surface area contributed by atoms with Gasteiger partial charge in [-0.2, -0.15) is 18.3 Å². The van der Waals surface area contributed by atoms with Gasteiger partial charge >= 0.3 is 12.2 Å². The first-order valence-corrected chi connectivity index (χ1v) is 9.65. The summed E-state index contributed by atoms with van der Waals surface area (Å²) in [5.41, 5.74) is 8.70. The molecule has 0 spiro atoms. The number of urea groups is 1. The predicted molar refractivity (Wildman–Crippen MR) is 117 cm³/mol. The fourth-order valence-electron chi connectivity index (χ4n) is 3.35. The average molecular weight is 461 g/mol. The number of halogens is 4. The Labute approximate surface area is 185 Å². The summed E-state index contributed by atoms with van der Waals surface area (Å²) in [5, 5.41) is 8.66. The van der Waals surface area contributed by atoms with Crippen molar-refractivity contribution in [3.8, 4) is 11.1 Å². The molecule has 2 heterocycles. The fraction of sp³-hybridized carbons (Fsp3) is 0.0952. The van der Waals surface area contributed by atoms with E-state index < -0.39 is 22.8 Å². The SMILES string of the molecule is Cc1cn2ncnc(N)c2c1-c1ccc(NC(=O)Nc2ccc(Cl)c(C(F)(F)F)c2)cc1. The van der Waals surface area contributed by atoms with Crippen molar-refractivity contribution < 1.29 is 18.0 Å². The van der Waals surface area contributed by atoms with Crippen LogP contribution in [-0.4, -0.2) is 20.6 Å². The number of nitrogens with one attached hydrogen (secondary N) is 2. The van der Waals surface area contributed by atoms with Crippen molar-refractivity contribution in [2.45, 2.75) is 13.1 Å². The molecule has 2 amide bonds. The first-order valence-electron chi connectivity index (χ1n) is 9.27. The lowest BCUT2D eigenvalue weighted by Gasteiger charge is -2.12. The molecule has 7 nitrogen and oxygen atoms in total. The lowest BCUT2D eigenvalue weighted by molar-refractivity contribution is -0.137. The maximum atomic E-state index is 13.0. The first kappa shape index (κ1) is 21.4. The Bertz CT molecular complexity index is 1320. The number of anilines is 3. The highest BCUT2D eigenvalue weighted by molar-refractivity contribution is 6.31. The number of hydrogen-bond donors (Lipinski definition) is 3. The van der Waals surface area contributed by atoms with Gasteiger partial charge in [-0.15, -0.1) is 0 Å². The molecule has 0 saturated heterocycles. The molecule has 0 saturated carbocycles. The molecule has 0 radical (unpaired) electrons. The topological polar surface area (TPSA) is 97.3 Å². The molecule has 32 heavy (non-hydrogen) atoms. The number of hydrogen-bond acceptors (Lipinski definition) is 4. The van der Waals surface area contributed by atoms with Gasteiger partial charge in [-0.3, -0.25) is 0 Å². The molecule has 4 aromatic rings. The van der Waals surface area contributed by atoms with E-state index in [2.05, 4.69) is 20.7 Å². The summed E-state index contributed by atoms with van der Waals surface area (Å²) >= 11 is 5.60. The molecular formula is C21H16ClF3N6O. The summed E-state index contributed by atoms with van der Waals surface area (Å²) in [6.07, 6.45) is -1.42. The Hall–Kier alpha value is -3.79. The molecule has 0 bridgehead atoms. The van der Waals surface area contributed by atoms with E-state index in [4.69, 9.17) is 17.3 Å². The summed E-state index contributed by atoms with van der Waals surface area (Å²) in [5.74, 6) is 0.339. The Balaban J connectivity index is 1.52. The summed E-state index contributed by atoms with van der Waals surface area (Å²) < 4.78 is 40.6. The van der Waals surface area contributed by atoms with Gasteiger partial charge in [0, 0.05) is 23.1 Å². The minimum Gasteiger partial charge on any atom is -0.382 e.